The van der Waals surface area contributed by atoms with E-state index in [0.29, 0.717) is 6.54 Å². The van der Waals surface area contributed by atoms with Crippen LogP contribution in [0.5, 0.6) is 0 Å². The van der Waals surface area contributed by atoms with Gasteiger partial charge in [0.1, 0.15) is 0 Å². The first kappa shape index (κ1) is 9.41. The Kier molecular flexibility index (Phi) is 6.14. The van der Waals surface area contributed by atoms with Gasteiger partial charge in [0, 0.05) is 0 Å². The molecule has 3 heteroatoms. The molecule has 0 aromatic carbocycles. The van der Waals surface area contributed by atoms with E-state index in [0.717, 1.165) is 24.3 Å². The van der Waals surface area contributed by atoms with Gasteiger partial charge in [-0.2, -0.15) is 5.26 Å². The Morgan fingerprint density at radius 2 is 2.20 bits per heavy atom. The summed E-state index contributed by atoms with van der Waals surface area (Å²) in [7, 11) is 0. The molecule has 0 radical (unpaired) electrons. The van der Waals surface area contributed by atoms with Crippen LogP contribution in [0.3, 0.4) is 0 Å². The average Bonchev–Trinajstić information content (AvgIpc) is 1.89. The molecule has 0 heterocycles. The van der Waals surface area contributed by atoms with E-state index in [4.69, 9.17) is 5.26 Å². The van der Waals surface area contributed by atoms with Gasteiger partial charge in [-0.3, -0.25) is 0 Å². The third-order valence-electron chi connectivity index (χ3n) is 1.26. The third-order valence-corrected chi connectivity index (χ3v) is 1.26. The quantitative estimate of drug-likeness (QED) is 0.331. The van der Waals surface area contributed by atoms with Crippen molar-refractivity contribution in [1.29, 1.82) is 5.26 Å². The molecule has 0 bridgehead atoms. The largest absolute Gasteiger partial charge is 0.784 e. The highest BCUT2D eigenvalue weighted by molar-refractivity contribution is 4.76. The summed E-state index contributed by atoms with van der Waals surface area (Å²) in [4.78, 5) is 0. The van der Waals surface area contributed by atoms with E-state index in [-0.39, 0.29) is 6.54 Å². The highest BCUT2D eigenvalue weighted by Crippen LogP contribution is 1.95. The lowest BCUT2D eigenvalue weighted by molar-refractivity contribution is 0.405. The molecule has 0 amide bonds. The minimum atomic E-state index is 0.00368. The molecule has 0 atom stereocenters. The van der Waals surface area contributed by atoms with Gasteiger partial charge in [-0.05, 0) is 13.0 Å². The van der Waals surface area contributed by atoms with Crippen LogP contribution in [0, 0.1) is 16.5 Å². The Morgan fingerprint density at radius 1 is 1.50 bits per heavy atom. The van der Waals surface area contributed by atoms with E-state index < -0.39 is 0 Å². The van der Waals surface area contributed by atoms with Crippen LogP contribution >= 0.6 is 0 Å². The van der Waals surface area contributed by atoms with E-state index in [2.05, 4.69) is 6.92 Å². The second-order valence-electron chi connectivity index (χ2n) is 2.23. The predicted octanol–water partition coefficient (Wildman–Crippen LogP) is 1.50. The molecule has 10 heavy (non-hydrogen) atoms. The Bertz CT molecular complexity index is 109. The van der Waals surface area contributed by atoms with Gasteiger partial charge in [-0.25, -0.2) is 0 Å². The first-order chi connectivity index (χ1) is 4.81. The van der Waals surface area contributed by atoms with Crippen molar-refractivity contribution in [3.8, 4) is 6.07 Å². The molecule has 0 saturated carbocycles. The Hall–Kier alpha value is -0.590. The molecule has 3 nitrogen and oxygen atoms in total. The van der Waals surface area contributed by atoms with E-state index in [1.807, 2.05) is 6.07 Å². The number of rotatable bonds is 5. The second-order valence-corrected chi connectivity index (χ2v) is 2.23. The van der Waals surface area contributed by atoms with Gasteiger partial charge in [0.05, 0.1) is 12.6 Å². The van der Waals surface area contributed by atoms with Crippen molar-refractivity contribution in [3.05, 3.63) is 5.21 Å². The standard InChI is InChI=1S/C7H13N2O/c1-2-3-4-6-9(10)7-5-8/h2-4,6-7H2,1H3/q-1. The highest BCUT2D eigenvalue weighted by Gasteiger charge is 1.88. The Balaban J connectivity index is 3.06. The van der Waals surface area contributed by atoms with Crippen molar-refractivity contribution in [2.24, 2.45) is 0 Å². The molecule has 0 aliphatic heterocycles. The van der Waals surface area contributed by atoms with Gasteiger partial charge in [0.2, 0.25) is 0 Å². The monoisotopic (exact) mass is 141 g/mol. The molecule has 0 fully saturated rings. The van der Waals surface area contributed by atoms with Crippen LogP contribution in [-0.4, -0.2) is 18.2 Å². The summed E-state index contributed by atoms with van der Waals surface area (Å²) >= 11 is 0. The van der Waals surface area contributed by atoms with Crippen molar-refractivity contribution < 1.29 is 0 Å². The first-order valence-electron chi connectivity index (χ1n) is 3.60. The predicted molar refractivity (Wildman–Crippen MR) is 40.1 cm³/mol. The van der Waals surface area contributed by atoms with Crippen molar-refractivity contribution in [2.45, 2.75) is 26.2 Å². The van der Waals surface area contributed by atoms with Gasteiger partial charge in [-0.1, -0.05) is 19.8 Å². The van der Waals surface area contributed by atoms with Gasteiger partial charge < -0.3 is 10.3 Å². The van der Waals surface area contributed by atoms with Gasteiger partial charge >= 0.3 is 0 Å². The van der Waals surface area contributed by atoms with Crippen molar-refractivity contribution in [2.75, 3.05) is 13.1 Å². The zero-order valence-corrected chi connectivity index (χ0v) is 6.34. The average molecular weight is 141 g/mol. The summed E-state index contributed by atoms with van der Waals surface area (Å²) < 4.78 is 0. The number of nitriles is 1. The molecule has 0 aromatic rings. The van der Waals surface area contributed by atoms with Crippen LogP contribution in [0.15, 0.2) is 0 Å². The van der Waals surface area contributed by atoms with Crippen LogP contribution in [0.2, 0.25) is 0 Å². The fraction of sp³-hybridized carbons (Fsp3) is 0.857. The summed E-state index contributed by atoms with van der Waals surface area (Å²) in [5, 5.41) is 19.5. The van der Waals surface area contributed by atoms with Gasteiger partial charge in [0.25, 0.3) is 0 Å². The minimum Gasteiger partial charge on any atom is -0.784 e. The van der Waals surface area contributed by atoms with Gasteiger partial charge in [0.15, 0.2) is 0 Å². The first-order valence-corrected chi connectivity index (χ1v) is 3.60. The molecular formula is C7H13N2O-. The van der Waals surface area contributed by atoms with Crippen LogP contribution in [0.4, 0.5) is 0 Å². The maximum absolute atomic E-state index is 10.6. The number of hydrogen-bond acceptors (Lipinski definition) is 3. The molecule has 0 spiro atoms. The normalized spacial score (nSPS) is 9.80. The van der Waals surface area contributed by atoms with Crippen LogP contribution < -0.4 is 0 Å². The molecular weight excluding hydrogens is 128 g/mol. The molecule has 58 valence electrons. The molecule has 0 aliphatic carbocycles. The lowest BCUT2D eigenvalue weighted by atomic mass is 10.2. The zero-order chi connectivity index (χ0) is 7.82. The number of hydroxylamine groups is 2. The molecule has 0 saturated heterocycles. The minimum absolute atomic E-state index is 0.00368. The van der Waals surface area contributed by atoms with Gasteiger partial charge in [-0.15, -0.1) is 0 Å². The fourth-order valence-corrected chi connectivity index (χ4v) is 0.696. The second kappa shape index (κ2) is 6.53. The van der Waals surface area contributed by atoms with Crippen LogP contribution in [0.1, 0.15) is 26.2 Å². The maximum atomic E-state index is 10.6. The number of hydrogen-bond donors (Lipinski definition) is 0. The summed E-state index contributed by atoms with van der Waals surface area (Å²) in [6.45, 7) is 2.59. The molecule has 0 aromatic heterocycles. The molecule has 0 unspecified atom stereocenters. The molecule has 0 rings (SSSR count). The summed E-state index contributed by atoms with van der Waals surface area (Å²) in [6.07, 6.45) is 3.09. The van der Waals surface area contributed by atoms with E-state index in [1.165, 1.54) is 0 Å². The SMILES string of the molecule is CCCCCN([O-])CC#N. The van der Waals surface area contributed by atoms with Crippen molar-refractivity contribution >= 4 is 0 Å². The Morgan fingerprint density at radius 3 is 2.70 bits per heavy atom. The number of unbranched alkanes of at least 4 members (excludes halogenated alkanes) is 2. The van der Waals surface area contributed by atoms with Crippen LogP contribution in [0.25, 0.3) is 0 Å². The highest BCUT2D eigenvalue weighted by atomic mass is 16.5. The summed E-state index contributed by atoms with van der Waals surface area (Å²) in [5.74, 6) is 0. The summed E-state index contributed by atoms with van der Waals surface area (Å²) in [6, 6.07) is 1.81. The lowest BCUT2D eigenvalue weighted by Crippen LogP contribution is -2.17. The lowest BCUT2D eigenvalue weighted by Gasteiger charge is -2.23. The van der Waals surface area contributed by atoms with Crippen molar-refractivity contribution in [1.82, 2.24) is 5.06 Å². The molecule has 0 N–H and O–H groups in total. The topological polar surface area (TPSA) is 50.1 Å². The zero-order valence-electron chi connectivity index (χ0n) is 6.34. The van der Waals surface area contributed by atoms with E-state index in [1.54, 1.807) is 0 Å². The molecule has 0 aliphatic rings. The fourth-order valence-electron chi connectivity index (χ4n) is 0.696. The van der Waals surface area contributed by atoms with E-state index >= 15 is 0 Å². The number of nitrogens with zero attached hydrogens (tertiary/aromatic N) is 2. The van der Waals surface area contributed by atoms with Crippen molar-refractivity contribution in [3.63, 3.8) is 0 Å². The smallest absolute Gasteiger partial charge is 0.0769 e. The summed E-state index contributed by atoms with van der Waals surface area (Å²) in [5.41, 5.74) is 0. The third kappa shape index (κ3) is 5.54. The van der Waals surface area contributed by atoms with E-state index in [9.17, 15) is 5.21 Å². The maximum Gasteiger partial charge on any atom is 0.0769 e. The Labute approximate surface area is 61.8 Å². The van der Waals surface area contributed by atoms with Crippen LogP contribution in [-0.2, 0) is 0 Å².